The van der Waals surface area contributed by atoms with Crippen molar-refractivity contribution in [2.45, 2.75) is 25.7 Å². The summed E-state index contributed by atoms with van der Waals surface area (Å²) in [6, 6.07) is 10.3. The van der Waals surface area contributed by atoms with Gasteiger partial charge in [0, 0.05) is 9.77 Å². The van der Waals surface area contributed by atoms with Gasteiger partial charge in [-0.15, -0.1) is 23.1 Å². The van der Waals surface area contributed by atoms with E-state index in [1.807, 2.05) is 19.1 Å². The van der Waals surface area contributed by atoms with Gasteiger partial charge in [0.2, 0.25) is 0 Å². The number of aryl methyl sites for hydroxylation is 3. The molecule has 3 heteroatoms. The Morgan fingerprint density at radius 2 is 1.94 bits per heavy atom. The van der Waals surface area contributed by atoms with Crippen LogP contribution in [0.15, 0.2) is 35.2 Å². The van der Waals surface area contributed by atoms with E-state index in [0.29, 0.717) is 5.75 Å². The minimum atomic E-state index is 0.220. The van der Waals surface area contributed by atoms with E-state index in [9.17, 15) is 4.79 Å². The van der Waals surface area contributed by atoms with Crippen LogP contribution in [-0.4, -0.2) is 11.5 Å². The smallest absolute Gasteiger partial charge is 0.182 e. The van der Waals surface area contributed by atoms with Gasteiger partial charge in [-0.05, 0) is 44.5 Å². The fourth-order valence-corrected chi connectivity index (χ4v) is 3.55. The summed E-state index contributed by atoms with van der Waals surface area (Å²) in [7, 11) is 0. The second kappa shape index (κ2) is 5.72. The topological polar surface area (TPSA) is 17.1 Å². The van der Waals surface area contributed by atoms with E-state index in [1.54, 1.807) is 23.1 Å². The lowest BCUT2D eigenvalue weighted by molar-refractivity contribution is 0.102. The Kier molecular flexibility index (Phi) is 4.25. The summed E-state index contributed by atoms with van der Waals surface area (Å²) < 4.78 is 0. The summed E-state index contributed by atoms with van der Waals surface area (Å²) in [4.78, 5) is 15.3. The predicted molar refractivity (Wildman–Crippen MR) is 80.0 cm³/mol. The van der Waals surface area contributed by atoms with E-state index in [1.165, 1.54) is 20.9 Å². The fourth-order valence-electron chi connectivity index (χ4n) is 1.76. The molecule has 1 nitrogen and oxygen atoms in total. The van der Waals surface area contributed by atoms with Crippen LogP contribution in [0.5, 0.6) is 0 Å². The van der Waals surface area contributed by atoms with E-state index >= 15 is 0 Å². The number of rotatable bonds is 4. The van der Waals surface area contributed by atoms with Gasteiger partial charge in [-0.3, -0.25) is 4.79 Å². The van der Waals surface area contributed by atoms with Crippen LogP contribution in [0.25, 0.3) is 0 Å². The highest BCUT2D eigenvalue weighted by atomic mass is 32.2. The van der Waals surface area contributed by atoms with Crippen molar-refractivity contribution >= 4 is 28.9 Å². The molecule has 1 aromatic carbocycles. The van der Waals surface area contributed by atoms with E-state index in [2.05, 4.69) is 32.0 Å². The minimum absolute atomic E-state index is 0.220. The Bertz CT molecular complexity index is 570. The summed E-state index contributed by atoms with van der Waals surface area (Å²) in [6.45, 7) is 6.20. The second-order valence-electron chi connectivity index (χ2n) is 4.39. The number of carbonyl (C=O) groups is 1. The van der Waals surface area contributed by atoms with Crippen LogP contribution in [-0.2, 0) is 0 Å². The molecule has 94 valence electrons. The van der Waals surface area contributed by atoms with Gasteiger partial charge in [-0.2, -0.15) is 0 Å². The molecule has 0 N–H and O–H groups in total. The van der Waals surface area contributed by atoms with Crippen LogP contribution in [0, 0.1) is 20.8 Å². The molecule has 0 aliphatic carbocycles. The summed E-state index contributed by atoms with van der Waals surface area (Å²) >= 11 is 3.20. The number of ketones is 1. The SMILES string of the molecule is Cc1ccc(SCC(=O)c2ccc(C)s2)c(C)c1. The Labute approximate surface area is 116 Å². The van der Waals surface area contributed by atoms with Crippen molar-refractivity contribution in [3.05, 3.63) is 51.2 Å². The maximum atomic E-state index is 12.0. The number of Topliss-reactive ketones (excluding diaryl/α,β-unsaturated/α-hetero) is 1. The second-order valence-corrected chi connectivity index (χ2v) is 6.70. The monoisotopic (exact) mass is 276 g/mol. The van der Waals surface area contributed by atoms with Crippen molar-refractivity contribution in [3.63, 3.8) is 0 Å². The number of hydrogen-bond acceptors (Lipinski definition) is 3. The highest BCUT2D eigenvalue weighted by Crippen LogP contribution is 2.25. The number of thioether (sulfide) groups is 1. The molecule has 2 aromatic rings. The highest BCUT2D eigenvalue weighted by Gasteiger charge is 2.09. The molecular formula is C15H16OS2. The molecule has 0 saturated heterocycles. The molecule has 0 amide bonds. The normalized spacial score (nSPS) is 10.6. The first kappa shape index (κ1) is 13.4. The van der Waals surface area contributed by atoms with Crippen molar-refractivity contribution in [1.29, 1.82) is 0 Å². The molecule has 1 heterocycles. The zero-order valence-corrected chi connectivity index (χ0v) is 12.5. The van der Waals surface area contributed by atoms with Crippen molar-refractivity contribution in [3.8, 4) is 0 Å². The third-order valence-electron chi connectivity index (χ3n) is 2.70. The van der Waals surface area contributed by atoms with Crippen molar-refractivity contribution in [1.82, 2.24) is 0 Å². The Morgan fingerprint density at radius 1 is 1.17 bits per heavy atom. The average molecular weight is 276 g/mol. The van der Waals surface area contributed by atoms with Crippen LogP contribution in [0.4, 0.5) is 0 Å². The number of thiophene rings is 1. The van der Waals surface area contributed by atoms with Gasteiger partial charge in [0.1, 0.15) is 0 Å². The molecule has 0 aliphatic rings. The largest absolute Gasteiger partial charge is 0.292 e. The lowest BCUT2D eigenvalue weighted by Crippen LogP contribution is -1.99. The first-order valence-electron chi connectivity index (χ1n) is 5.86. The molecule has 0 saturated carbocycles. The number of benzene rings is 1. The van der Waals surface area contributed by atoms with Gasteiger partial charge in [-0.25, -0.2) is 0 Å². The van der Waals surface area contributed by atoms with Gasteiger partial charge in [0.15, 0.2) is 5.78 Å². The first-order valence-corrected chi connectivity index (χ1v) is 7.66. The highest BCUT2D eigenvalue weighted by molar-refractivity contribution is 8.00. The van der Waals surface area contributed by atoms with Gasteiger partial charge in [0.05, 0.1) is 10.6 Å². The molecule has 0 spiro atoms. The van der Waals surface area contributed by atoms with E-state index in [-0.39, 0.29) is 5.78 Å². The summed E-state index contributed by atoms with van der Waals surface area (Å²) in [6.07, 6.45) is 0. The van der Waals surface area contributed by atoms with Gasteiger partial charge < -0.3 is 0 Å². The molecule has 1 aromatic heterocycles. The van der Waals surface area contributed by atoms with Crippen molar-refractivity contribution in [2.75, 3.05) is 5.75 Å². The molecule has 18 heavy (non-hydrogen) atoms. The molecule has 0 atom stereocenters. The zero-order valence-electron chi connectivity index (χ0n) is 10.8. The molecule has 0 aliphatic heterocycles. The third kappa shape index (κ3) is 3.24. The molecule has 0 fully saturated rings. The quantitative estimate of drug-likeness (QED) is 0.597. The van der Waals surface area contributed by atoms with E-state index in [4.69, 9.17) is 0 Å². The minimum Gasteiger partial charge on any atom is -0.292 e. The van der Waals surface area contributed by atoms with Crippen LogP contribution >= 0.6 is 23.1 Å². The molecular weight excluding hydrogens is 260 g/mol. The Balaban J connectivity index is 2.01. The lowest BCUT2D eigenvalue weighted by Gasteiger charge is -2.05. The Morgan fingerprint density at radius 3 is 2.56 bits per heavy atom. The molecule has 2 rings (SSSR count). The molecule has 0 unspecified atom stereocenters. The lowest BCUT2D eigenvalue weighted by atomic mass is 10.2. The summed E-state index contributed by atoms with van der Waals surface area (Å²) in [5.41, 5.74) is 2.51. The molecule has 0 bridgehead atoms. The summed E-state index contributed by atoms with van der Waals surface area (Å²) in [5, 5.41) is 0. The average Bonchev–Trinajstić information content (AvgIpc) is 2.74. The van der Waals surface area contributed by atoms with Gasteiger partial charge in [0.25, 0.3) is 0 Å². The Hall–Kier alpha value is -1.06. The summed E-state index contributed by atoms with van der Waals surface area (Å²) in [5.74, 6) is 0.738. The van der Waals surface area contributed by atoms with Crippen LogP contribution in [0.2, 0.25) is 0 Å². The van der Waals surface area contributed by atoms with Crippen LogP contribution < -0.4 is 0 Å². The maximum Gasteiger partial charge on any atom is 0.182 e. The van der Waals surface area contributed by atoms with E-state index < -0.39 is 0 Å². The van der Waals surface area contributed by atoms with Crippen LogP contribution in [0.3, 0.4) is 0 Å². The maximum absolute atomic E-state index is 12.0. The van der Waals surface area contributed by atoms with Gasteiger partial charge >= 0.3 is 0 Å². The third-order valence-corrected chi connectivity index (χ3v) is 4.92. The first-order chi connectivity index (χ1) is 8.56. The van der Waals surface area contributed by atoms with E-state index in [0.717, 1.165) is 4.88 Å². The van der Waals surface area contributed by atoms with Crippen molar-refractivity contribution < 1.29 is 4.79 Å². The van der Waals surface area contributed by atoms with Crippen molar-refractivity contribution in [2.24, 2.45) is 0 Å². The molecule has 0 radical (unpaired) electrons. The fraction of sp³-hybridized carbons (Fsp3) is 0.267. The van der Waals surface area contributed by atoms with Gasteiger partial charge in [-0.1, -0.05) is 17.7 Å². The number of hydrogen-bond donors (Lipinski definition) is 0. The van der Waals surface area contributed by atoms with Crippen LogP contribution in [0.1, 0.15) is 25.7 Å². The zero-order chi connectivity index (χ0) is 13.1. The number of carbonyl (C=O) groups excluding carboxylic acids is 1. The standard InChI is InChI=1S/C15H16OS2/c1-10-4-6-14(11(2)8-10)17-9-13(16)15-7-5-12(3)18-15/h4-8H,9H2,1-3H3. The predicted octanol–water partition coefficient (Wildman–Crippen LogP) is 4.65.